The highest BCUT2D eigenvalue weighted by molar-refractivity contribution is 6.30. The van der Waals surface area contributed by atoms with E-state index in [1.54, 1.807) is 0 Å². The van der Waals surface area contributed by atoms with E-state index in [-0.39, 0.29) is 5.41 Å². The van der Waals surface area contributed by atoms with Gasteiger partial charge < -0.3 is 0 Å². The standard InChI is InChI=1S/C15H21ClFN3/c1-15(2)5-3-12-11(7-15)14(16)19-13(18-12)9-20-6-4-10(17)8-20/h10H,3-9H2,1-2H3/t10-/m1/s1. The number of alkyl halides is 1. The van der Waals surface area contributed by atoms with E-state index in [0.717, 1.165) is 42.9 Å². The van der Waals surface area contributed by atoms with E-state index in [4.69, 9.17) is 11.6 Å². The molecule has 0 unspecified atom stereocenters. The summed E-state index contributed by atoms with van der Waals surface area (Å²) in [5.41, 5.74) is 2.48. The summed E-state index contributed by atoms with van der Waals surface area (Å²) in [4.78, 5) is 11.2. The molecule has 0 aromatic carbocycles. The Balaban J connectivity index is 1.80. The van der Waals surface area contributed by atoms with E-state index >= 15 is 0 Å². The summed E-state index contributed by atoms with van der Waals surface area (Å²) in [5.74, 6) is 0.738. The third-order valence-corrected chi connectivity index (χ3v) is 4.68. The average molecular weight is 298 g/mol. The van der Waals surface area contributed by atoms with Crippen molar-refractivity contribution in [2.24, 2.45) is 5.41 Å². The van der Waals surface area contributed by atoms with E-state index < -0.39 is 6.17 Å². The predicted octanol–water partition coefficient (Wildman–Crippen LogP) is 3.19. The Morgan fingerprint density at radius 3 is 2.90 bits per heavy atom. The number of hydrogen-bond donors (Lipinski definition) is 0. The highest BCUT2D eigenvalue weighted by atomic mass is 35.5. The van der Waals surface area contributed by atoms with Crippen LogP contribution in [0.3, 0.4) is 0 Å². The van der Waals surface area contributed by atoms with Gasteiger partial charge in [0, 0.05) is 24.3 Å². The highest BCUT2D eigenvalue weighted by Gasteiger charge is 2.29. The second-order valence-corrected chi connectivity index (χ2v) is 7.18. The van der Waals surface area contributed by atoms with Crippen LogP contribution in [0.2, 0.25) is 5.15 Å². The lowest BCUT2D eigenvalue weighted by molar-refractivity contribution is 0.275. The Kier molecular flexibility index (Phi) is 3.71. The molecule has 20 heavy (non-hydrogen) atoms. The molecule has 0 amide bonds. The quantitative estimate of drug-likeness (QED) is 0.785. The predicted molar refractivity (Wildman–Crippen MR) is 77.6 cm³/mol. The molecular weight excluding hydrogens is 277 g/mol. The lowest BCUT2D eigenvalue weighted by Crippen LogP contribution is -2.26. The molecule has 1 aliphatic carbocycles. The van der Waals surface area contributed by atoms with Crippen LogP contribution in [0.15, 0.2) is 0 Å². The van der Waals surface area contributed by atoms with E-state index in [1.807, 2.05) is 0 Å². The molecule has 0 saturated carbocycles. The molecule has 2 heterocycles. The van der Waals surface area contributed by atoms with Crippen molar-refractivity contribution in [2.45, 2.75) is 52.2 Å². The Bertz CT molecular complexity index is 518. The van der Waals surface area contributed by atoms with Crippen molar-refractivity contribution < 1.29 is 4.39 Å². The van der Waals surface area contributed by atoms with Crippen LogP contribution in [-0.2, 0) is 19.4 Å². The van der Waals surface area contributed by atoms with Crippen molar-refractivity contribution >= 4 is 11.6 Å². The van der Waals surface area contributed by atoms with E-state index in [9.17, 15) is 4.39 Å². The van der Waals surface area contributed by atoms with Crippen molar-refractivity contribution in [3.8, 4) is 0 Å². The fourth-order valence-electron chi connectivity index (χ4n) is 3.15. The smallest absolute Gasteiger partial charge is 0.144 e. The molecule has 1 aromatic rings. The number of aryl methyl sites for hydroxylation is 1. The first-order valence-corrected chi connectivity index (χ1v) is 7.71. The van der Waals surface area contributed by atoms with Gasteiger partial charge in [-0.1, -0.05) is 25.4 Å². The number of aromatic nitrogens is 2. The van der Waals surface area contributed by atoms with Gasteiger partial charge in [0.25, 0.3) is 0 Å². The van der Waals surface area contributed by atoms with Crippen LogP contribution < -0.4 is 0 Å². The molecule has 1 aliphatic heterocycles. The molecule has 110 valence electrons. The summed E-state index contributed by atoms with van der Waals surface area (Å²) in [6, 6.07) is 0. The molecule has 2 aliphatic rings. The van der Waals surface area contributed by atoms with Gasteiger partial charge in [-0.2, -0.15) is 0 Å². The first-order valence-electron chi connectivity index (χ1n) is 7.33. The Morgan fingerprint density at radius 1 is 1.40 bits per heavy atom. The van der Waals surface area contributed by atoms with Crippen LogP contribution in [0.5, 0.6) is 0 Å². The Morgan fingerprint density at radius 2 is 2.20 bits per heavy atom. The number of halogens is 2. The third-order valence-electron chi connectivity index (χ3n) is 4.36. The third kappa shape index (κ3) is 2.96. The topological polar surface area (TPSA) is 29.0 Å². The molecule has 0 bridgehead atoms. The summed E-state index contributed by atoms with van der Waals surface area (Å²) in [5, 5.41) is 0.591. The van der Waals surface area contributed by atoms with E-state index in [2.05, 4.69) is 28.7 Å². The number of nitrogens with zero attached hydrogens (tertiary/aromatic N) is 3. The van der Waals surface area contributed by atoms with Crippen LogP contribution in [0.25, 0.3) is 0 Å². The van der Waals surface area contributed by atoms with Gasteiger partial charge in [-0.15, -0.1) is 0 Å². The molecule has 1 saturated heterocycles. The second-order valence-electron chi connectivity index (χ2n) is 6.82. The molecule has 1 fully saturated rings. The summed E-state index contributed by atoms with van der Waals surface area (Å²) in [6.45, 7) is 6.39. The lowest BCUT2D eigenvalue weighted by Gasteiger charge is -2.31. The minimum absolute atomic E-state index is 0.276. The molecule has 0 N–H and O–H groups in total. The van der Waals surface area contributed by atoms with Gasteiger partial charge in [-0.3, -0.25) is 4.90 Å². The molecule has 3 rings (SSSR count). The minimum Gasteiger partial charge on any atom is -0.293 e. The highest BCUT2D eigenvalue weighted by Crippen LogP contribution is 2.36. The lowest BCUT2D eigenvalue weighted by atomic mass is 9.76. The van der Waals surface area contributed by atoms with Crippen molar-refractivity contribution in [1.29, 1.82) is 0 Å². The van der Waals surface area contributed by atoms with Gasteiger partial charge >= 0.3 is 0 Å². The maximum Gasteiger partial charge on any atom is 0.144 e. The molecule has 1 aromatic heterocycles. The average Bonchev–Trinajstić information content (AvgIpc) is 2.75. The molecule has 1 atom stereocenters. The van der Waals surface area contributed by atoms with Gasteiger partial charge in [0.15, 0.2) is 0 Å². The van der Waals surface area contributed by atoms with Crippen LogP contribution in [0, 0.1) is 5.41 Å². The van der Waals surface area contributed by atoms with Crippen LogP contribution in [-0.4, -0.2) is 34.1 Å². The summed E-state index contributed by atoms with van der Waals surface area (Å²) < 4.78 is 13.2. The zero-order valence-electron chi connectivity index (χ0n) is 12.1. The van der Waals surface area contributed by atoms with Crippen molar-refractivity contribution in [3.63, 3.8) is 0 Å². The molecule has 5 heteroatoms. The Labute approximate surface area is 124 Å². The molecule has 3 nitrogen and oxygen atoms in total. The second kappa shape index (κ2) is 5.23. The minimum atomic E-state index is -0.705. The zero-order valence-corrected chi connectivity index (χ0v) is 12.9. The first-order chi connectivity index (χ1) is 9.43. The fraction of sp³-hybridized carbons (Fsp3) is 0.733. The fourth-order valence-corrected chi connectivity index (χ4v) is 3.43. The summed E-state index contributed by atoms with van der Waals surface area (Å²) in [6.07, 6.45) is 2.95. The van der Waals surface area contributed by atoms with Crippen molar-refractivity contribution in [3.05, 3.63) is 22.2 Å². The number of likely N-dealkylation sites (tertiary alicyclic amines) is 1. The van der Waals surface area contributed by atoms with Crippen molar-refractivity contribution in [1.82, 2.24) is 14.9 Å². The van der Waals surface area contributed by atoms with Gasteiger partial charge in [-0.05, 0) is 31.1 Å². The first kappa shape index (κ1) is 14.2. The maximum absolute atomic E-state index is 13.2. The van der Waals surface area contributed by atoms with Crippen molar-refractivity contribution in [2.75, 3.05) is 13.1 Å². The molecule has 0 radical (unpaired) electrons. The molecule has 0 spiro atoms. The number of fused-ring (bicyclic) bond motifs is 1. The number of rotatable bonds is 2. The van der Waals surface area contributed by atoms with Crippen LogP contribution in [0.4, 0.5) is 4.39 Å². The van der Waals surface area contributed by atoms with Crippen LogP contribution in [0.1, 0.15) is 43.8 Å². The summed E-state index contributed by atoms with van der Waals surface area (Å²) >= 11 is 6.35. The Hall–Kier alpha value is -0.740. The van der Waals surface area contributed by atoms with Crippen LogP contribution >= 0.6 is 11.6 Å². The van der Waals surface area contributed by atoms with E-state index in [0.29, 0.717) is 24.7 Å². The monoisotopic (exact) mass is 297 g/mol. The molecular formula is C15H21ClFN3. The SMILES string of the molecule is CC1(C)CCc2nc(CN3CC[C@@H](F)C3)nc(Cl)c2C1. The zero-order chi connectivity index (χ0) is 14.3. The normalized spacial score (nSPS) is 25.7. The largest absolute Gasteiger partial charge is 0.293 e. The maximum atomic E-state index is 13.2. The van der Waals surface area contributed by atoms with Gasteiger partial charge in [-0.25, -0.2) is 14.4 Å². The van der Waals surface area contributed by atoms with Gasteiger partial charge in [0.2, 0.25) is 0 Å². The van der Waals surface area contributed by atoms with E-state index in [1.165, 1.54) is 0 Å². The number of hydrogen-bond acceptors (Lipinski definition) is 3. The summed E-state index contributed by atoms with van der Waals surface area (Å²) in [7, 11) is 0. The van der Waals surface area contributed by atoms with Gasteiger partial charge in [0.1, 0.15) is 17.1 Å². The van der Waals surface area contributed by atoms with Gasteiger partial charge in [0.05, 0.1) is 6.54 Å².